The number of carbonyl (C=O) groups is 1. The Hall–Kier alpha value is -3.25. The van der Waals surface area contributed by atoms with E-state index in [4.69, 9.17) is 4.52 Å². The van der Waals surface area contributed by atoms with Crippen LogP contribution in [-0.2, 0) is 11.3 Å². The molecule has 0 atom stereocenters. The largest absolute Gasteiger partial charge is 0.338 e. The molecule has 5 rings (SSSR count). The standard InChI is InChI=1S/C26H28N4O2/c31-26(30-17-13-21(14-18-30)20-7-3-1-4-8-20)23-11-15-29(16-12-23)19-24-27-25(28-32-24)22-9-5-2-6-10-22/h1-10,13,23H,11-12,14-19H2. The van der Waals surface area contributed by atoms with Crippen LogP contribution in [0.4, 0.5) is 0 Å². The molecule has 6 nitrogen and oxygen atoms in total. The Bertz CT molecular complexity index is 1070. The molecule has 6 heteroatoms. The van der Waals surface area contributed by atoms with E-state index in [1.807, 2.05) is 41.3 Å². The average Bonchev–Trinajstić information content (AvgIpc) is 3.34. The molecule has 1 amide bonds. The first-order chi connectivity index (χ1) is 15.8. The van der Waals surface area contributed by atoms with E-state index in [1.165, 1.54) is 11.1 Å². The maximum absolute atomic E-state index is 13.1. The first-order valence-electron chi connectivity index (χ1n) is 11.4. The summed E-state index contributed by atoms with van der Waals surface area (Å²) in [5.74, 6) is 1.67. The Morgan fingerprint density at radius 2 is 1.62 bits per heavy atom. The topological polar surface area (TPSA) is 62.5 Å². The van der Waals surface area contributed by atoms with Crippen LogP contribution in [0.15, 0.2) is 71.3 Å². The molecule has 1 saturated heterocycles. The Balaban J connectivity index is 1.12. The van der Waals surface area contributed by atoms with Gasteiger partial charge in [0.05, 0.1) is 6.54 Å². The fraction of sp³-hybridized carbons (Fsp3) is 0.346. The van der Waals surface area contributed by atoms with Gasteiger partial charge in [0.25, 0.3) is 0 Å². The lowest BCUT2D eigenvalue weighted by molar-refractivity contribution is -0.136. The predicted octanol–water partition coefficient (Wildman–Crippen LogP) is 4.26. The van der Waals surface area contributed by atoms with Gasteiger partial charge in [0.1, 0.15) is 0 Å². The predicted molar refractivity (Wildman–Crippen MR) is 123 cm³/mol. The van der Waals surface area contributed by atoms with E-state index in [1.54, 1.807) is 0 Å². The number of rotatable bonds is 5. The number of benzene rings is 2. The summed E-state index contributed by atoms with van der Waals surface area (Å²) >= 11 is 0. The van der Waals surface area contributed by atoms with Crippen molar-refractivity contribution in [2.45, 2.75) is 25.8 Å². The number of aromatic nitrogens is 2. The molecule has 0 spiro atoms. The van der Waals surface area contributed by atoms with Gasteiger partial charge in [-0.2, -0.15) is 4.98 Å². The van der Waals surface area contributed by atoms with Crippen molar-refractivity contribution in [1.29, 1.82) is 0 Å². The van der Waals surface area contributed by atoms with E-state index in [9.17, 15) is 4.79 Å². The van der Waals surface area contributed by atoms with E-state index in [0.29, 0.717) is 30.7 Å². The van der Waals surface area contributed by atoms with Crippen LogP contribution in [0.5, 0.6) is 0 Å². The van der Waals surface area contributed by atoms with Crippen LogP contribution in [0, 0.1) is 5.92 Å². The van der Waals surface area contributed by atoms with Gasteiger partial charge in [0, 0.05) is 24.6 Å². The molecule has 0 bridgehead atoms. The second kappa shape index (κ2) is 9.49. The molecule has 1 aromatic heterocycles. The fourth-order valence-corrected chi connectivity index (χ4v) is 4.59. The van der Waals surface area contributed by atoms with Crippen LogP contribution in [0.3, 0.4) is 0 Å². The van der Waals surface area contributed by atoms with Gasteiger partial charge in [-0.05, 0) is 43.5 Å². The maximum Gasteiger partial charge on any atom is 0.241 e. The highest BCUT2D eigenvalue weighted by molar-refractivity contribution is 5.80. The molecule has 0 radical (unpaired) electrons. The number of carbonyl (C=O) groups excluding carboxylic acids is 1. The first-order valence-corrected chi connectivity index (χ1v) is 11.4. The molecular weight excluding hydrogens is 400 g/mol. The minimum atomic E-state index is 0.112. The number of nitrogens with zero attached hydrogens (tertiary/aromatic N) is 4. The summed E-state index contributed by atoms with van der Waals surface area (Å²) < 4.78 is 5.45. The van der Waals surface area contributed by atoms with Crippen molar-refractivity contribution in [3.8, 4) is 11.4 Å². The quantitative estimate of drug-likeness (QED) is 0.608. The molecule has 3 aromatic rings. The Morgan fingerprint density at radius 1 is 0.938 bits per heavy atom. The molecule has 2 aliphatic rings. The molecule has 2 aliphatic heterocycles. The maximum atomic E-state index is 13.1. The van der Waals surface area contributed by atoms with Gasteiger partial charge in [0.2, 0.25) is 17.6 Å². The summed E-state index contributed by atoms with van der Waals surface area (Å²) in [6.45, 7) is 3.90. The lowest BCUT2D eigenvalue weighted by Crippen LogP contribution is -2.43. The second-order valence-corrected chi connectivity index (χ2v) is 8.56. The van der Waals surface area contributed by atoms with E-state index in [0.717, 1.165) is 44.5 Å². The van der Waals surface area contributed by atoms with Crippen molar-refractivity contribution in [2.24, 2.45) is 5.92 Å². The molecule has 164 valence electrons. The van der Waals surface area contributed by atoms with E-state index in [-0.39, 0.29) is 5.92 Å². The molecule has 0 unspecified atom stereocenters. The van der Waals surface area contributed by atoms with Gasteiger partial charge in [-0.1, -0.05) is 71.9 Å². The fourth-order valence-electron chi connectivity index (χ4n) is 4.59. The number of piperidine rings is 1. The molecule has 0 aliphatic carbocycles. The van der Waals surface area contributed by atoms with Crippen molar-refractivity contribution in [3.05, 3.63) is 78.2 Å². The van der Waals surface area contributed by atoms with Gasteiger partial charge in [0.15, 0.2) is 0 Å². The average molecular weight is 429 g/mol. The molecular formula is C26H28N4O2. The lowest BCUT2D eigenvalue weighted by atomic mass is 9.93. The van der Waals surface area contributed by atoms with Crippen molar-refractivity contribution >= 4 is 11.5 Å². The summed E-state index contributed by atoms with van der Waals surface area (Å²) in [6.07, 6.45) is 4.90. The van der Waals surface area contributed by atoms with Gasteiger partial charge in [-0.15, -0.1) is 0 Å². The Morgan fingerprint density at radius 3 is 2.28 bits per heavy atom. The molecule has 32 heavy (non-hydrogen) atoms. The van der Waals surface area contributed by atoms with Crippen molar-refractivity contribution in [3.63, 3.8) is 0 Å². The van der Waals surface area contributed by atoms with E-state index >= 15 is 0 Å². The monoisotopic (exact) mass is 428 g/mol. The van der Waals surface area contributed by atoms with Gasteiger partial charge in [-0.3, -0.25) is 9.69 Å². The van der Waals surface area contributed by atoms with Crippen molar-refractivity contribution < 1.29 is 9.32 Å². The normalized spacial score (nSPS) is 17.9. The number of hydrogen-bond donors (Lipinski definition) is 0. The van der Waals surface area contributed by atoms with Crippen LogP contribution in [-0.4, -0.2) is 52.0 Å². The van der Waals surface area contributed by atoms with Crippen LogP contribution >= 0.6 is 0 Å². The minimum absolute atomic E-state index is 0.112. The minimum Gasteiger partial charge on any atom is -0.338 e. The zero-order valence-electron chi connectivity index (χ0n) is 18.2. The van der Waals surface area contributed by atoms with Gasteiger partial charge in [-0.25, -0.2) is 0 Å². The molecule has 0 N–H and O–H groups in total. The highest BCUT2D eigenvalue weighted by Crippen LogP contribution is 2.26. The molecule has 3 heterocycles. The van der Waals surface area contributed by atoms with E-state index < -0.39 is 0 Å². The molecule has 2 aromatic carbocycles. The third-order valence-electron chi connectivity index (χ3n) is 6.46. The summed E-state index contributed by atoms with van der Waals surface area (Å²) in [5.41, 5.74) is 3.57. The number of amides is 1. The molecule has 0 saturated carbocycles. The van der Waals surface area contributed by atoms with Crippen molar-refractivity contribution in [1.82, 2.24) is 19.9 Å². The molecule has 1 fully saturated rings. The summed E-state index contributed by atoms with van der Waals surface area (Å²) in [4.78, 5) is 21.9. The lowest BCUT2D eigenvalue weighted by Gasteiger charge is -2.34. The second-order valence-electron chi connectivity index (χ2n) is 8.56. The zero-order valence-corrected chi connectivity index (χ0v) is 18.2. The van der Waals surface area contributed by atoms with Crippen LogP contribution in [0.1, 0.15) is 30.7 Å². The Labute approximate surface area is 188 Å². The zero-order chi connectivity index (χ0) is 21.8. The smallest absolute Gasteiger partial charge is 0.241 e. The third-order valence-corrected chi connectivity index (χ3v) is 6.46. The Kier molecular flexibility index (Phi) is 6.12. The SMILES string of the molecule is O=C(C1CCN(Cc2nc(-c3ccccc3)no2)CC1)N1CC=C(c2ccccc2)CC1. The number of likely N-dealkylation sites (tertiary alicyclic amines) is 1. The first kappa shape index (κ1) is 20.6. The highest BCUT2D eigenvalue weighted by Gasteiger charge is 2.30. The third kappa shape index (κ3) is 4.65. The van der Waals surface area contributed by atoms with Crippen molar-refractivity contribution in [2.75, 3.05) is 26.2 Å². The highest BCUT2D eigenvalue weighted by atomic mass is 16.5. The van der Waals surface area contributed by atoms with E-state index in [2.05, 4.69) is 45.4 Å². The summed E-state index contributed by atoms with van der Waals surface area (Å²) in [6, 6.07) is 20.3. The van der Waals surface area contributed by atoms with Gasteiger partial charge >= 0.3 is 0 Å². The number of hydrogen-bond acceptors (Lipinski definition) is 5. The summed E-state index contributed by atoms with van der Waals surface area (Å²) in [5, 5.41) is 4.11. The van der Waals surface area contributed by atoms with Crippen LogP contribution in [0.25, 0.3) is 17.0 Å². The van der Waals surface area contributed by atoms with Crippen LogP contribution in [0.2, 0.25) is 0 Å². The van der Waals surface area contributed by atoms with Crippen LogP contribution < -0.4 is 0 Å². The summed E-state index contributed by atoms with van der Waals surface area (Å²) in [7, 11) is 0. The van der Waals surface area contributed by atoms with Gasteiger partial charge < -0.3 is 9.42 Å².